The van der Waals surface area contributed by atoms with Gasteiger partial charge in [-0.25, -0.2) is 0 Å². The minimum Gasteiger partial charge on any atom is -0.507 e. The lowest BCUT2D eigenvalue weighted by Gasteiger charge is -2.32. The third-order valence-corrected chi connectivity index (χ3v) is 3.22. The monoisotopic (exact) mass is 299 g/mol. The van der Waals surface area contributed by atoms with E-state index in [4.69, 9.17) is 27.3 Å². The quantitative estimate of drug-likeness (QED) is 0.321. The standard InChI is InChI=1S/C12H14ClN3O4/c13-7-1-2-9(17)8(5-7)12(18)16-3-4-20-10(6-16)11(14)15-19/h1-2,5,10,17,19H,3-4,6H2,(H2,14,15). The number of phenolic OH excluding ortho intramolecular Hbond substituents is 1. The SMILES string of the molecule is NC(=NO)C1CN(C(=O)c2cc(Cl)ccc2O)CCO1. The fraction of sp³-hybridized carbons (Fsp3) is 0.333. The molecule has 8 heteroatoms. The number of aromatic hydroxyl groups is 1. The maximum Gasteiger partial charge on any atom is 0.257 e. The van der Waals surface area contributed by atoms with E-state index in [0.717, 1.165) is 0 Å². The molecule has 0 bridgehead atoms. The number of benzene rings is 1. The molecule has 1 aromatic rings. The summed E-state index contributed by atoms with van der Waals surface area (Å²) in [4.78, 5) is 13.8. The third kappa shape index (κ3) is 2.94. The van der Waals surface area contributed by atoms with Gasteiger partial charge in [0, 0.05) is 11.6 Å². The van der Waals surface area contributed by atoms with Gasteiger partial charge in [-0.3, -0.25) is 4.79 Å². The van der Waals surface area contributed by atoms with Crippen molar-refractivity contribution in [3.8, 4) is 5.75 Å². The van der Waals surface area contributed by atoms with Gasteiger partial charge < -0.3 is 25.7 Å². The van der Waals surface area contributed by atoms with Crippen molar-refractivity contribution in [2.24, 2.45) is 10.9 Å². The predicted octanol–water partition coefficient (Wildman–Crippen LogP) is 0.633. The van der Waals surface area contributed by atoms with Crippen LogP contribution < -0.4 is 5.73 Å². The molecular formula is C12H14ClN3O4. The van der Waals surface area contributed by atoms with E-state index in [1.54, 1.807) is 0 Å². The van der Waals surface area contributed by atoms with Crippen molar-refractivity contribution in [1.82, 2.24) is 4.90 Å². The van der Waals surface area contributed by atoms with E-state index < -0.39 is 6.10 Å². The number of nitrogens with zero attached hydrogens (tertiary/aromatic N) is 2. The molecule has 2 rings (SSSR count). The molecule has 4 N–H and O–H groups in total. The number of nitrogens with two attached hydrogens (primary N) is 1. The highest BCUT2D eigenvalue weighted by Crippen LogP contribution is 2.23. The average molecular weight is 300 g/mol. The van der Waals surface area contributed by atoms with Crippen LogP contribution in [0.2, 0.25) is 5.02 Å². The summed E-state index contributed by atoms with van der Waals surface area (Å²) in [5, 5.41) is 21.6. The number of hydrogen-bond donors (Lipinski definition) is 3. The molecule has 1 saturated heterocycles. The second kappa shape index (κ2) is 5.98. The van der Waals surface area contributed by atoms with E-state index in [1.165, 1.54) is 23.1 Å². The van der Waals surface area contributed by atoms with E-state index in [1.807, 2.05) is 0 Å². The molecule has 1 heterocycles. The Morgan fingerprint density at radius 2 is 2.30 bits per heavy atom. The molecule has 108 valence electrons. The van der Waals surface area contributed by atoms with Gasteiger partial charge in [-0.15, -0.1) is 0 Å². The van der Waals surface area contributed by atoms with E-state index in [9.17, 15) is 9.90 Å². The Balaban J connectivity index is 2.18. The number of phenols is 1. The Kier molecular flexibility index (Phi) is 4.31. The van der Waals surface area contributed by atoms with Crippen molar-refractivity contribution in [1.29, 1.82) is 0 Å². The third-order valence-electron chi connectivity index (χ3n) is 2.99. The summed E-state index contributed by atoms with van der Waals surface area (Å²) in [5.41, 5.74) is 5.58. The van der Waals surface area contributed by atoms with Crippen molar-refractivity contribution >= 4 is 23.3 Å². The minimum absolute atomic E-state index is 0.0992. The van der Waals surface area contributed by atoms with Gasteiger partial charge in [0.25, 0.3) is 5.91 Å². The first kappa shape index (κ1) is 14.4. The summed E-state index contributed by atoms with van der Waals surface area (Å²) in [6, 6.07) is 4.25. The lowest BCUT2D eigenvalue weighted by molar-refractivity contribution is 0.00663. The summed E-state index contributed by atoms with van der Waals surface area (Å²) >= 11 is 5.82. The van der Waals surface area contributed by atoms with Crippen LogP contribution >= 0.6 is 11.6 Å². The number of hydrogen-bond acceptors (Lipinski definition) is 5. The maximum atomic E-state index is 12.3. The molecular weight excluding hydrogens is 286 g/mol. The first-order valence-electron chi connectivity index (χ1n) is 5.89. The molecule has 20 heavy (non-hydrogen) atoms. The molecule has 0 radical (unpaired) electrons. The number of amidine groups is 1. The molecule has 1 atom stereocenters. The molecule has 1 aromatic carbocycles. The zero-order valence-corrected chi connectivity index (χ0v) is 11.2. The largest absolute Gasteiger partial charge is 0.507 e. The highest BCUT2D eigenvalue weighted by atomic mass is 35.5. The first-order valence-corrected chi connectivity index (χ1v) is 6.27. The smallest absolute Gasteiger partial charge is 0.257 e. The topological polar surface area (TPSA) is 108 Å². The number of oxime groups is 1. The Morgan fingerprint density at radius 3 is 3.00 bits per heavy atom. The second-order valence-electron chi connectivity index (χ2n) is 4.30. The highest BCUT2D eigenvalue weighted by Gasteiger charge is 2.28. The average Bonchev–Trinajstić information content (AvgIpc) is 2.48. The van der Waals surface area contributed by atoms with Crippen molar-refractivity contribution < 1.29 is 19.8 Å². The fourth-order valence-corrected chi connectivity index (χ4v) is 2.10. The number of carbonyl (C=O) groups is 1. The maximum absolute atomic E-state index is 12.3. The molecule has 0 saturated carbocycles. The van der Waals surface area contributed by atoms with Crippen LogP contribution in [0.15, 0.2) is 23.4 Å². The van der Waals surface area contributed by atoms with Crippen molar-refractivity contribution in [3.05, 3.63) is 28.8 Å². The molecule has 1 unspecified atom stereocenters. The van der Waals surface area contributed by atoms with Gasteiger partial charge in [0.1, 0.15) is 11.9 Å². The summed E-state index contributed by atoms with van der Waals surface area (Å²) in [5.74, 6) is -0.631. The lowest BCUT2D eigenvalue weighted by Crippen LogP contribution is -2.50. The lowest BCUT2D eigenvalue weighted by atomic mass is 10.1. The predicted molar refractivity (Wildman–Crippen MR) is 72.2 cm³/mol. The molecule has 1 aliphatic rings. The molecule has 0 aromatic heterocycles. The Labute approximate surface area is 120 Å². The van der Waals surface area contributed by atoms with Crippen molar-refractivity contribution in [3.63, 3.8) is 0 Å². The van der Waals surface area contributed by atoms with Gasteiger partial charge in [0.2, 0.25) is 0 Å². The van der Waals surface area contributed by atoms with Gasteiger partial charge in [0.05, 0.1) is 18.7 Å². The molecule has 0 spiro atoms. The first-order chi connectivity index (χ1) is 9.52. The van der Waals surface area contributed by atoms with Crippen LogP contribution in [-0.4, -0.2) is 52.8 Å². The van der Waals surface area contributed by atoms with Crippen LogP contribution in [0.1, 0.15) is 10.4 Å². The van der Waals surface area contributed by atoms with E-state index in [-0.39, 0.29) is 36.2 Å². The van der Waals surface area contributed by atoms with Crippen LogP contribution in [0.4, 0.5) is 0 Å². The van der Waals surface area contributed by atoms with E-state index >= 15 is 0 Å². The van der Waals surface area contributed by atoms with Gasteiger partial charge in [-0.1, -0.05) is 16.8 Å². The zero-order chi connectivity index (χ0) is 14.7. The number of ether oxygens (including phenoxy) is 1. The van der Waals surface area contributed by atoms with Crippen molar-refractivity contribution in [2.45, 2.75) is 6.10 Å². The van der Waals surface area contributed by atoms with E-state index in [2.05, 4.69) is 5.16 Å². The van der Waals surface area contributed by atoms with Crippen molar-refractivity contribution in [2.75, 3.05) is 19.7 Å². The number of morpholine rings is 1. The molecule has 1 aliphatic heterocycles. The molecule has 1 fully saturated rings. The highest BCUT2D eigenvalue weighted by molar-refractivity contribution is 6.31. The molecule has 1 amide bonds. The number of carbonyl (C=O) groups excluding carboxylic acids is 1. The van der Waals surface area contributed by atoms with Crippen LogP contribution in [0.5, 0.6) is 5.75 Å². The summed E-state index contributed by atoms with van der Waals surface area (Å²) in [7, 11) is 0. The number of amides is 1. The molecule has 0 aliphatic carbocycles. The molecule has 7 nitrogen and oxygen atoms in total. The van der Waals surface area contributed by atoms with Gasteiger partial charge in [0.15, 0.2) is 5.84 Å². The van der Waals surface area contributed by atoms with E-state index in [0.29, 0.717) is 11.6 Å². The summed E-state index contributed by atoms with van der Waals surface area (Å²) in [6.45, 7) is 0.745. The Bertz CT molecular complexity index is 550. The Morgan fingerprint density at radius 1 is 1.55 bits per heavy atom. The van der Waals surface area contributed by atoms with Gasteiger partial charge >= 0.3 is 0 Å². The number of rotatable bonds is 2. The fourth-order valence-electron chi connectivity index (χ4n) is 1.93. The number of halogens is 1. The van der Waals surface area contributed by atoms with Crippen LogP contribution in [0, 0.1) is 0 Å². The van der Waals surface area contributed by atoms with Crippen LogP contribution in [-0.2, 0) is 4.74 Å². The van der Waals surface area contributed by atoms with Crippen LogP contribution in [0.25, 0.3) is 0 Å². The second-order valence-corrected chi connectivity index (χ2v) is 4.73. The normalized spacial score (nSPS) is 19.9. The zero-order valence-electron chi connectivity index (χ0n) is 10.5. The minimum atomic E-state index is -0.668. The summed E-state index contributed by atoms with van der Waals surface area (Å²) < 4.78 is 5.30. The Hall–Kier alpha value is -1.99. The van der Waals surface area contributed by atoms with Gasteiger partial charge in [-0.2, -0.15) is 0 Å². The van der Waals surface area contributed by atoms with Crippen LogP contribution in [0.3, 0.4) is 0 Å². The summed E-state index contributed by atoms with van der Waals surface area (Å²) in [6.07, 6.45) is -0.668. The van der Waals surface area contributed by atoms with Gasteiger partial charge in [-0.05, 0) is 18.2 Å².